The molecule has 1 atom stereocenters. The molecule has 1 unspecified atom stereocenters. The standard InChI is InChI=1S/C13H21FN2O/c1-9(2)8-16-6-5-13(17)10-3-4-11(14)12(15)7-10/h3-4,7,9,13,16-17H,5-6,8,15H2,1-2H3. The number of hydrogen-bond acceptors (Lipinski definition) is 3. The highest BCUT2D eigenvalue weighted by Gasteiger charge is 2.09. The first-order valence-corrected chi connectivity index (χ1v) is 5.94. The minimum Gasteiger partial charge on any atom is -0.396 e. The van der Waals surface area contributed by atoms with E-state index in [9.17, 15) is 9.50 Å². The maximum atomic E-state index is 12.9. The molecule has 0 amide bonds. The summed E-state index contributed by atoms with van der Waals surface area (Å²) in [5.74, 6) is 0.146. The van der Waals surface area contributed by atoms with Crippen LogP contribution in [0.4, 0.5) is 10.1 Å². The van der Waals surface area contributed by atoms with Crippen molar-refractivity contribution < 1.29 is 9.50 Å². The van der Waals surface area contributed by atoms with Crippen LogP contribution in [-0.4, -0.2) is 18.2 Å². The fourth-order valence-corrected chi connectivity index (χ4v) is 1.57. The maximum absolute atomic E-state index is 12.9. The fraction of sp³-hybridized carbons (Fsp3) is 0.538. The van der Waals surface area contributed by atoms with Gasteiger partial charge in [0.1, 0.15) is 5.82 Å². The molecule has 0 saturated carbocycles. The van der Waals surface area contributed by atoms with E-state index >= 15 is 0 Å². The Balaban J connectivity index is 2.41. The summed E-state index contributed by atoms with van der Waals surface area (Å²) in [6.45, 7) is 5.92. The molecule has 0 aliphatic heterocycles. The van der Waals surface area contributed by atoms with E-state index in [4.69, 9.17) is 5.73 Å². The Hall–Kier alpha value is -1.13. The Morgan fingerprint density at radius 2 is 2.12 bits per heavy atom. The average Bonchev–Trinajstić information content (AvgIpc) is 2.27. The molecule has 4 heteroatoms. The number of aliphatic hydroxyl groups is 1. The van der Waals surface area contributed by atoms with Crippen molar-refractivity contribution in [3.05, 3.63) is 29.6 Å². The largest absolute Gasteiger partial charge is 0.396 e. The van der Waals surface area contributed by atoms with E-state index in [0.29, 0.717) is 17.9 Å². The molecule has 0 spiro atoms. The highest BCUT2D eigenvalue weighted by molar-refractivity contribution is 5.43. The Kier molecular flexibility index (Phi) is 5.38. The van der Waals surface area contributed by atoms with Gasteiger partial charge in [0, 0.05) is 0 Å². The van der Waals surface area contributed by atoms with Crippen LogP contribution >= 0.6 is 0 Å². The molecule has 0 aromatic heterocycles. The van der Waals surface area contributed by atoms with Crippen molar-refractivity contribution in [3.8, 4) is 0 Å². The van der Waals surface area contributed by atoms with E-state index < -0.39 is 11.9 Å². The second-order valence-corrected chi connectivity index (χ2v) is 4.68. The van der Waals surface area contributed by atoms with E-state index in [-0.39, 0.29) is 5.69 Å². The zero-order valence-corrected chi connectivity index (χ0v) is 10.4. The van der Waals surface area contributed by atoms with Crippen molar-refractivity contribution in [2.24, 2.45) is 5.92 Å². The van der Waals surface area contributed by atoms with Crippen LogP contribution in [0.2, 0.25) is 0 Å². The van der Waals surface area contributed by atoms with Gasteiger partial charge in [-0.25, -0.2) is 4.39 Å². The van der Waals surface area contributed by atoms with Gasteiger partial charge < -0.3 is 16.2 Å². The molecule has 0 saturated heterocycles. The second kappa shape index (κ2) is 6.57. The van der Waals surface area contributed by atoms with E-state index in [0.717, 1.165) is 13.1 Å². The molecular formula is C13H21FN2O. The van der Waals surface area contributed by atoms with Gasteiger partial charge in [-0.3, -0.25) is 0 Å². The molecule has 0 aliphatic rings. The summed E-state index contributed by atoms with van der Waals surface area (Å²) >= 11 is 0. The summed E-state index contributed by atoms with van der Waals surface area (Å²) in [6.07, 6.45) is -0.00445. The molecule has 1 aromatic carbocycles. The minimum atomic E-state index is -0.599. The molecule has 96 valence electrons. The number of rotatable bonds is 6. The SMILES string of the molecule is CC(C)CNCCC(O)c1ccc(F)c(N)c1. The Morgan fingerprint density at radius 3 is 2.71 bits per heavy atom. The van der Waals surface area contributed by atoms with Gasteiger partial charge in [0.05, 0.1) is 11.8 Å². The Labute approximate surface area is 102 Å². The molecule has 17 heavy (non-hydrogen) atoms. The molecule has 0 heterocycles. The predicted octanol–water partition coefficient (Wildman–Crippen LogP) is 2.08. The molecule has 3 nitrogen and oxygen atoms in total. The van der Waals surface area contributed by atoms with Crippen LogP contribution < -0.4 is 11.1 Å². The molecule has 4 N–H and O–H groups in total. The van der Waals surface area contributed by atoms with Gasteiger partial charge in [0.25, 0.3) is 0 Å². The summed E-state index contributed by atoms with van der Waals surface area (Å²) in [6, 6.07) is 4.34. The van der Waals surface area contributed by atoms with E-state index in [1.54, 1.807) is 6.07 Å². The van der Waals surface area contributed by atoms with Crippen molar-refractivity contribution in [1.82, 2.24) is 5.32 Å². The molecule has 0 aliphatic carbocycles. The number of nitrogens with two attached hydrogens (primary N) is 1. The highest BCUT2D eigenvalue weighted by atomic mass is 19.1. The van der Waals surface area contributed by atoms with Crippen LogP contribution in [0.25, 0.3) is 0 Å². The first kappa shape index (κ1) is 13.9. The van der Waals surface area contributed by atoms with E-state index in [2.05, 4.69) is 19.2 Å². The number of hydrogen-bond donors (Lipinski definition) is 3. The van der Waals surface area contributed by atoms with Crippen molar-refractivity contribution in [3.63, 3.8) is 0 Å². The number of anilines is 1. The van der Waals surface area contributed by atoms with E-state index in [1.165, 1.54) is 12.1 Å². The average molecular weight is 240 g/mol. The topological polar surface area (TPSA) is 58.3 Å². The third-order valence-electron chi connectivity index (χ3n) is 2.55. The summed E-state index contributed by atoms with van der Waals surface area (Å²) < 4.78 is 12.9. The van der Waals surface area contributed by atoms with Crippen molar-refractivity contribution >= 4 is 5.69 Å². The van der Waals surface area contributed by atoms with Gasteiger partial charge in [0.2, 0.25) is 0 Å². The van der Waals surface area contributed by atoms with Gasteiger partial charge in [-0.05, 0) is 43.1 Å². The van der Waals surface area contributed by atoms with Gasteiger partial charge in [-0.1, -0.05) is 19.9 Å². The van der Waals surface area contributed by atoms with Crippen LogP contribution in [0, 0.1) is 11.7 Å². The van der Waals surface area contributed by atoms with Gasteiger partial charge >= 0.3 is 0 Å². The smallest absolute Gasteiger partial charge is 0.146 e. The number of aliphatic hydroxyl groups excluding tert-OH is 1. The number of benzene rings is 1. The third-order valence-corrected chi connectivity index (χ3v) is 2.55. The lowest BCUT2D eigenvalue weighted by Gasteiger charge is -2.13. The van der Waals surface area contributed by atoms with Crippen LogP contribution in [-0.2, 0) is 0 Å². The Bertz CT molecular complexity index is 355. The number of halogens is 1. The summed E-state index contributed by atoms with van der Waals surface area (Å²) in [5.41, 5.74) is 6.19. The Morgan fingerprint density at radius 1 is 1.41 bits per heavy atom. The van der Waals surface area contributed by atoms with Crippen LogP contribution in [0.15, 0.2) is 18.2 Å². The van der Waals surface area contributed by atoms with Crippen molar-refractivity contribution in [2.75, 3.05) is 18.8 Å². The van der Waals surface area contributed by atoms with Crippen molar-refractivity contribution in [2.45, 2.75) is 26.4 Å². The first-order chi connectivity index (χ1) is 8.00. The predicted molar refractivity (Wildman–Crippen MR) is 68.1 cm³/mol. The monoisotopic (exact) mass is 240 g/mol. The lowest BCUT2D eigenvalue weighted by atomic mass is 10.1. The van der Waals surface area contributed by atoms with Crippen molar-refractivity contribution in [1.29, 1.82) is 0 Å². The lowest BCUT2D eigenvalue weighted by molar-refractivity contribution is 0.166. The van der Waals surface area contributed by atoms with Gasteiger partial charge in [-0.2, -0.15) is 0 Å². The molecule has 1 aromatic rings. The fourth-order valence-electron chi connectivity index (χ4n) is 1.57. The summed E-state index contributed by atoms with van der Waals surface area (Å²) in [5, 5.41) is 13.1. The van der Waals surface area contributed by atoms with Gasteiger partial charge in [-0.15, -0.1) is 0 Å². The van der Waals surface area contributed by atoms with Gasteiger partial charge in [0.15, 0.2) is 0 Å². The second-order valence-electron chi connectivity index (χ2n) is 4.68. The van der Waals surface area contributed by atoms with Crippen LogP contribution in [0.5, 0.6) is 0 Å². The number of nitrogens with one attached hydrogen (secondary N) is 1. The first-order valence-electron chi connectivity index (χ1n) is 5.94. The maximum Gasteiger partial charge on any atom is 0.146 e. The molecule has 0 fully saturated rings. The molecule has 0 bridgehead atoms. The quantitative estimate of drug-likeness (QED) is 0.527. The van der Waals surface area contributed by atoms with Crippen LogP contribution in [0.1, 0.15) is 31.9 Å². The normalized spacial score (nSPS) is 13.0. The third kappa shape index (κ3) is 4.71. The highest BCUT2D eigenvalue weighted by Crippen LogP contribution is 2.20. The lowest BCUT2D eigenvalue weighted by Crippen LogP contribution is -2.22. The zero-order valence-electron chi connectivity index (χ0n) is 10.4. The molecule has 1 rings (SSSR count). The van der Waals surface area contributed by atoms with E-state index in [1.807, 2.05) is 0 Å². The summed E-state index contributed by atoms with van der Waals surface area (Å²) in [7, 11) is 0. The number of nitrogen functional groups attached to an aromatic ring is 1. The van der Waals surface area contributed by atoms with Crippen LogP contribution in [0.3, 0.4) is 0 Å². The zero-order chi connectivity index (χ0) is 12.8. The molecule has 0 radical (unpaired) electrons. The summed E-state index contributed by atoms with van der Waals surface area (Å²) in [4.78, 5) is 0. The molecular weight excluding hydrogens is 219 g/mol. The minimum absolute atomic E-state index is 0.0803.